The van der Waals surface area contributed by atoms with Gasteiger partial charge in [0.1, 0.15) is 6.04 Å². The summed E-state index contributed by atoms with van der Waals surface area (Å²) in [5.74, 6) is -1.33. The lowest BCUT2D eigenvalue weighted by atomic mass is 9.96. The first-order valence-electron chi connectivity index (χ1n) is 10.4. The number of nitriles is 1. The number of unbranched alkanes of at least 4 members (excludes halogenated alkanes) is 1. The van der Waals surface area contributed by atoms with Gasteiger partial charge in [-0.15, -0.1) is 0 Å². The molecule has 0 bridgehead atoms. The Morgan fingerprint density at radius 1 is 1.10 bits per heavy atom. The highest BCUT2D eigenvalue weighted by atomic mass is 16.2. The zero-order chi connectivity index (χ0) is 20.8. The van der Waals surface area contributed by atoms with E-state index >= 15 is 0 Å². The Balaban J connectivity index is 1.82. The molecule has 2 heterocycles. The van der Waals surface area contributed by atoms with Crippen LogP contribution < -0.4 is 0 Å². The van der Waals surface area contributed by atoms with Crippen molar-refractivity contribution in [3.63, 3.8) is 0 Å². The van der Waals surface area contributed by atoms with Crippen LogP contribution >= 0.6 is 0 Å². The summed E-state index contributed by atoms with van der Waals surface area (Å²) in [5, 5.41) is 9.11. The smallest absolute Gasteiger partial charge is 0.313 e. The topological polar surface area (TPSA) is 84.7 Å². The van der Waals surface area contributed by atoms with Gasteiger partial charge in [-0.05, 0) is 24.8 Å². The van der Waals surface area contributed by atoms with E-state index in [-0.39, 0.29) is 11.8 Å². The van der Waals surface area contributed by atoms with Crippen LogP contribution in [-0.2, 0) is 14.4 Å². The molecule has 29 heavy (non-hydrogen) atoms. The third kappa shape index (κ3) is 4.58. The molecule has 0 radical (unpaired) electrons. The van der Waals surface area contributed by atoms with Gasteiger partial charge in [-0.2, -0.15) is 5.26 Å². The normalized spacial score (nSPS) is 19.2. The summed E-state index contributed by atoms with van der Waals surface area (Å²) in [7, 11) is 0. The van der Waals surface area contributed by atoms with E-state index in [4.69, 9.17) is 5.26 Å². The van der Waals surface area contributed by atoms with E-state index in [1.54, 1.807) is 9.80 Å². The monoisotopic (exact) mass is 396 g/mol. The van der Waals surface area contributed by atoms with Gasteiger partial charge >= 0.3 is 11.8 Å². The first-order chi connectivity index (χ1) is 14.1. The zero-order valence-electron chi connectivity index (χ0n) is 16.9. The Bertz CT molecular complexity index is 781. The Labute approximate surface area is 171 Å². The number of hydrogen-bond acceptors (Lipinski definition) is 4. The van der Waals surface area contributed by atoms with Crippen LogP contribution in [0.2, 0.25) is 0 Å². The van der Waals surface area contributed by atoms with E-state index in [2.05, 4.69) is 6.07 Å². The summed E-state index contributed by atoms with van der Waals surface area (Å²) in [6, 6.07) is 10.6. The first-order valence-corrected chi connectivity index (χ1v) is 10.4. The average molecular weight is 396 g/mol. The van der Waals surface area contributed by atoms with Crippen molar-refractivity contribution in [2.75, 3.05) is 32.7 Å². The van der Waals surface area contributed by atoms with Gasteiger partial charge < -0.3 is 14.7 Å². The number of nitrogens with zero attached hydrogens (tertiary/aromatic N) is 4. The number of piperidine rings is 1. The predicted octanol–water partition coefficient (Wildman–Crippen LogP) is 1.96. The van der Waals surface area contributed by atoms with Crippen LogP contribution in [0.3, 0.4) is 0 Å². The summed E-state index contributed by atoms with van der Waals surface area (Å²) in [6.07, 6.45) is 3.09. The van der Waals surface area contributed by atoms with Crippen LogP contribution in [0, 0.1) is 17.2 Å². The van der Waals surface area contributed by atoms with Crippen molar-refractivity contribution in [3.8, 4) is 6.07 Å². The van der Waals surface area contributed by atoms with Crippen molar-refractivity contribution in [2.24, 2.45) is 5.92 Å². The Morgan fingerprint density at radius 2 is 1.79 bits per heavy atom. The highest BCUT2D eigenvalue weighted by Crippen LogP contribution is 2.28. The number of carbonyl (C=O) groups is 3. The summed E-state index contributed by atoms with van der Waals surface area (Å²) < 4.78 is 0. The fraction of sp³-hybridized carbons (Fsp3) is 0.545. The lowest BCUT2D eigenvalue weighted by Gasteiger charge is -2.40. The Morgan fingerprint density at radius 3 is 2.41 bits per heavy atom. The second-order valence-corrected chi connectivity index (χ2v) is 7.69. The van der Waals surface area contributed by atoms with Crippen LogP contribution in [0.15, 0.2) is 30.3 Å². The number of likely N-dealkylation sites (tertiary alicyclic amines) is 1. The quantitative estimate of drug-likeness (QED) is 0.688. The maximum absolute atomic E-state index is 13.4. The van der Waals surface area contributed by atoms with Crippen molar-refractivity contribution in [1.82, 2.24) is 14.7 Å². The number of hydrogen-bond donors (Lipinski definition) is 0. The van der Waals surface area contributed by atoms with Gasteiger partial charge in [0, 0.05) is 38.6 Å². The standard InChI is InChI=1S/C22H28N4O3/c1-2-3-11-24-14-15-26(22(29)21(24)28)19(18-7-5-4-6-8-18)20(27)25-12-9-17(16-23)10-13-25/h4-8,17,19H,2-3,9-15H2,1H3/t19-/m1/s1. The van der Waals surface area contributed by atoms with Crippen molar-refractivity contribution < 1.29 is 14.4 Å². The van der Waals surface area contributed by atoms with E-state index < -0.39 is 17.9 Å². The number of carbonyl (C=O) groups excluding carboxylic acids is 3. The number of piperazine rings is 1. The van der Waals surface area contributed by atoms with Crippen molar-refractivity contribution >= 4 is 17.7 Å². The van der Waals surface area contributed by atoms with E-state index in [1.807, 2.05) is 37.3 Å². The minimum Gasteiger partial charge on any atom is -0.341 e. The molecule has 3 rings (SSSR count). The summed E-state index contributed by atoms with van der Waals surface area (Å²) >= 11 is 0. The maximum Gasteiger partial charge on any atom is 0.313 e. The maximum atomic E-state index is 13.4. The number of benzene rings is 1. The highest BCUT2D eigenvalue weighted by Gasteiger charge is 2.41. The van der Waals surface area contributed by atoms with Crippen LogP contribution in [0.4, 0.5) is 0 Å². The zero-order valence-corrected chi connectivity index (χ0v) is 16.9. The molecular formula is C22H28N4O3. The molecule has 2 aliphatic heterocycles. The SMILES string of the molecule is CCCCN1CCN([C@@H](C(=O)N2CCC(C#N)CC2)c2ccccc2)C(=O)C1=O. The summed E-state index contributed by atoms with van der Waals surface area (Å²) in [6.45, 7) is 4.40. The molecule has 0 N–H and O–H groups in total. The summed E-state index contributed by atoms with van der Waals surface area (Å²) in [5.41, 5.74) is 0.711. The number of amides is 3. The molecule has 2 fully saturated rings. The molecule has 7 heteroatoms. The van der Waals surface area contributed by atoms with Crippen LogP contribution in [0.25, 0.3) is 0 Å². The molecule has 0 aliphatic carbocycles. The molecule has 7 nitrogen and oxygen atoms in total. The van der Waals surface area contributed by atoms with E-state index in [0.717, 1.165) is 12.8 Å². The van der Waals surface area contributed by atoms with Crippen molar-refractivity contribution in [1.29, 1.82) is 5.26 Å². The van der Waals surface area contributed by atoms with Gasteiger partial charge in [-0.3, -0.25) is 14.4 Å². The van der Waals surface area contributed by atoms with Crippen molar-refractivity contribution in [3.05, 3.63) is 35.9 Å². The first kappa shape index (κ1) is 20.8. The van der Waals surface area contributed by atoms with Crippen LogP contribution in [-0.4, -0.2) is 65.1 Å². The van der Waals surface area contributed by atoms with Gasteiger partial charge in [0.25, 0.3) is 0 Å². The molecule has 1 aromatic carbocycles. The van der Waals surface area contributed by atoms with Gasteiger partial charge in [0.15, 0.2) is 0 Å². The van der Waals surface area contributed by atoms with Crippen LogP contribution in [0.1, 0.15) is 44.2 Å². The molecule has 1 atom stereocenters. The molecular weight excluding hydrogens is 368 g/mol. The van der Waals surface area contributed by atoms with E-state index in [0.29, 0.717) is 51.1 Å². The van der Waals surface area contributed by atoms with Gasteiger partial charge in [0.05, 0.1) is 6.07 Å². The lowest BCUT2D eigenvalue weighted by molar-refractivity contribution is -0.161. The predicted molar refractivity (Wildman–Crippen MR) is 107 cm³/mol. The molecule has 154 valence electrons. The fourth-order valence-electron chi connectivity index (χ4n) is 3.99. The van der Waals surface area contributed by atoms with E-state index in [1.165, 1.54) is 4.90 Å². The molecule has 1 aromatic rings. The molecule has 0 spiro atoms. The van der Waals surface area contributed by atoms with Crippen LogP contribution in [0.5, 0.6) is 0 Å². The lowest BCUT2D eigenvalue weighted by Crippen LogP contribution is -2.58. The molecule has 3 amide bonds. The van der Waals surface area contributed by atoms with E-state index in [9.17, 15) is 14.4 Å². The number of rotatable bonds is 6. The van der Waals surface area contributed by atoms with Gasteiger partial charge in [-0.1, -0.05) is 43.7 Å². The second-order valence-electron chi connectivity index (χ2n) is 7.69. The second kappa shape index (κ2) is 9.55. The third-order valence-electron chi connectivity index (χ3n) is 5.77. The fourth-order valence-corrected chi connectivity index (χ4v) is 3.99. The Kier molecular flexibility index (Phi) is 6.86. The minimum atomic E-state index is -0.806. The minimum absolute atomic E-state index is 0.0282. The summed E-state index contributed by atoms with van der Waals surface area (Å²) in [4.78, 5) is 43.7. The van der Waals surface area contributed by atoms with Gasteiger partial charge in [0.2, 0.25) is 5.91 Å². The largest absolute Gasteiger partial charge is 0.341 e. The average Bonchev–Trinajstić information content (AvgIpc) is 2.77. The van der Waals surface area contributed by atoms with Gasteiger partial charge in [-0.25, -0.2) is 0 Å². The third-order valence-corrected chi connectivity index (χ3v) is 5.77. The molecule has 2 aliphatic rings. The molecule has 0 unspecified atom stereocenters. The highest BCUT2D eigenvalue weighted by molar-refractivity contribution is 6.35. The molecule has 0 aromatic heterocycles. The molecule has 0 saturated carbocycles. The molecule has 2 saturated heterocycles. The Hall–Kier alpha value is -2.88. The van der Waals surface area contributed by atoms with Crippen molar-refractivity contribution in [2.45, 2.75) is 38.6 Å².